The van der Waals surface area contributed by atoms with Crippen LogP contribution in [-0.2, 0) is 24.4 Å². The van der Waals surface area contributed by atoms with Crippen molar-refractivity contribution < 1.29 is 40.8 Å². The normalized spacial score (nSPS) is 11.8. The largest absolute Gasteiger partial charge is 0.455 e. The van der Waals surface area contributed by atoms with E-state index in [4.69, 9.17) is 4.55 Å². The van der Waals surface area contributed by atoms with Gasteiger partial charge in [0.05, 0.1) is 5.56 Å². The number of esters is 2. The standard InChI is InChI=1S/C12H12F2O7S/c1-8-4-2-3-5-9(8)11(16)20-6-10(15)21-7-12(13,14)22(17,18)19/h2-5H,6-7H2,1H3,(H,17,18,19). The molecule has 0 aliphatic rings. The van der Waals surface area contributed by atoms with E-state index in [-0.39, 0.29) is 5.56 Å². The van der Waals surface area contributed by atoms with Crippen LogP contribution in [0.2, 0.25) is 0 Å². The molecule has 0 saturated heterocycles. The second-order valence-corrected chi connectivity index (χ2v) is 5.71. The second kappa shape index (κ2) is 6.79. The lowest BCUT2D eigenvalue weighted by molar-refractivity contribution is -0.153. The van der Waals surface area contributed by atoms with Gasteiger partial charge in [-0.15, -0.1) is 0 Å². The van der Waals surface area contributed by atoms with Gasteiger partial charge in [0.2, 0.25) is 0 Å². The van der Waals surface area contributed by atoms with Crippen LogP contribution in [0.3, 0.4) is 0 Å². The molecule has 0 aliphatic heterocycles. The van der Waals surface area contributed by atoms with Gasteiger partial charge in [0.1, 0.15) is 0 Å². The topological polar surface area (TPSA) is 107 Å². The number of hydrogen-bond acceptors (Lipinski definition) is 6. The Labute approximate surface area is 124 Å². The SMILES string of the molecule is Cc1ccccc1C(=O)OCC(=O)OCC(F)(F)S(=O)(=O)O. The zero-order chi connectivity index (χ0) is 17.0. The minimum absolute atomic E-state index is 0.179. The number of rotatable bonds is 6. The predicted octanol–water partition coefficient (Wildman–Crippen LogP) is 1.18. The molecular formula is C12H12F2O7S. The predicted molar refractivity (Wildman–Crippen MR) is 68.9 cm³/mol. The molecule has 0 aliphatic carbocycles. The van der Waals surface area contributed by atoms with E-state index in [0.717, 1.165) is 0 Å². The Bertz CT molecular complexity index is 670. The Morgan fingerprint density at radius 1 is 1.23 bits per heavy atom. The van der Waals surface area contributed by atoms with Gasteiger partial charge in [-0.25, -0.2) is 9.59 Å². The Kier molecular flexibility index (Phi) is 5.55. The molecule has 22 heavy (non-hydrogen) atoms. The van der Waals surface area contributed by atoms with Crippen LogP contribution in [0.15, 0.2) is 24.3 Å². The Balaban J connectivity index is 2.51. The minimum Gasteiger partial charge on any atom is -0.455 e. The van der Waals surface area contributed by atoms with Crippen LogP contribution in [0.1, 0.15) is 15.9 Å². The molecule has 122 valence electrons. The fourth-order valence-corrected chi connectivity index (χ4v) is 1.49. The van der Waals surface area contributed by atoms with Crippen LogP contribution >= 0.6 is 0 Å². The van der Waals surface area contributed by atoms with Crippen molar-refractivity contribution in [2.45, 2.75) is 12.2 Å². The average molecular weight is 338 g/mol. The summed E-state index contributed by atoms with van der Waals surface area (Å²) in [6.07, 6.45) is 0. The highest BCUT2D eigenvalue weighted by molar-refractivity contribution is 7.86. The van der Waals surface area contributed by atoms with Crippen molar-refractivity contribution in [3.05, 3.63) is 35.4 Å². The third-order valence-corrected chi connectivity index (χ3v) is 3.34. The van der Waals surface area contributed by atoms with Gasteiger partial charge in [-0.2, -0.15) is 17.2 Å². The molecular weight excluding hydrogens is 326 g/mol. The Morgan fingerprint density at radius 3 is 2.36 bits per heavy atom. The van der Waals surface area contributed by atoms with Crippen molar-refractivity contribution in [1.82, 2.24) is 0 Å². The Morgan fingerprint density at radius 2 is 1.82 bits per heavy atom. The van der Waals surface area contributed by atoms with Crippen molar-refractivity contribution in [3.63, 3.8) is 0 Å². The lowest BCUT2D eigenvalue weighted by Crippen LogP contribution is -2.35. The van der Waals surface area contributed by atoms with Crippen LogP contribution in [0.5, 0.6) is 0 Å². The van der Waals surface area contributed by atoms with E-state index in [9.17, 15) is 26.8 Å². The highest BCUT2D eigenvalue weighted by Crippen LogP contribution is 2.20. The van der Waals surface area contributed by atoms with E-state index in [0.29, 0.717) is 5.56 Å². The first-order chi connectivity index (χ1) is 10.0. The number of ether oxygens (including phenoxy) is 2. The van der Waals surface area contributed by atoms with Crippen molar-refractivity contribution in [2.75, 3.05) is 13.2 Å². The number of carbonyl (C=O) groups is 2. The number of benzene rings is 1. The molecule has 0 spiro atoms. The van der Waals surface area contributed by atoms with Crippen LogP contribution in [0.25, 0.3) is 0 Å². The van der Waals surface area contributed by atoms with Gasteiger partial charge >= 0.3 is 27.3 Å². The monoisotopic (exact) mass is 338 g/mol. The van der Waals surface area contributed by atoms with Gasteiger partial charge in [-0.3, -0.25) is 4.55 Å². The molecule has 0 bridgehead atoms. The second-order valence-electron chi connectivity index (χ2n) is 4.16. The first-order valence-corrected chi connectivity index (χ1v) is 7.22. The lowest BCUT2D eigenvalue weighted by Gasteiger charge is -2.13. The van der Waals surface area contributed by atoms with Crippen LogP contribution in [-0.4, -0.2) is 43.4 Å². The lowest BCUT2D eigenvalue weighted by atomic mass is 10.1. The van der Waals surface area contributed by atoms with Crippen LogP contribution < -0.4 is 0 Å². The molecule has 0 heterocycles. The average Bonchev–Trinajstić information content (AvgIpc) is 2.42. The van der Waals surface area contributed by atoms with E-state index in [1.54, 1.807) is 25.1 Å². The summed E-state index contributed by atoms with van der Waals surface area (Å²) >= 11 is 0. The highest BCUT2D eigenvalue weighted by atomic mass is 32.2. The summed E-state index contributed by atoms with van der Waals surface area (Å²) in [5.41, 5.74) is 0.761. The van der Waals surface area contributed by atoms with Gasteiger partial charge in [0, 0.05) is 0 Å². The summed E-state index contributed by atoms with van der Waals surface area (Å²) in [6, 6.07) is 6.31. The molecule has 0 aromatic heterocycles. The Hall–Kier alpha value is -2.07. The summed E-state index contributed by atoms with van der Waals surface area (Å²) in [7, 11) is -5.70. The molecule has 10 heteroatoms. The number of carbonyl (C=O) groups excluding carboxylic acids is 2. The zero-order valence-electron chi connectivity index (χ0n) is 11.3. The maximum absolute atomic E-state index is 12.8. The van der Waals surface area contributed by atoms with Crippen LogP contribution in [0, 0.1) is 6.92 Å². The van der Waals surface area contributed by atoms with Crippen molar-refractivity contribution >= 4 is 22.1 Å². The quantitative estimate of drug-likeness (QED) is 0.613. The van der Waals surface area contributed by atoms with Crippen molar-refractivity contribution in [2.24, 2.45) is 0 Å². The fourth-order valence-electron chi connectivity index (χ4n) is 1.28. The van der Waals surface area contributed by atoms with Gasteiger partial charge in [-0.1, -0.05) is 18.2 Å². The molecule has 1 rings (SSSR count). The number of halogens is 2. The van der Waals surface area contributed by atoms with Gasteiger partial charge in [-0.05, 0) is 18.6 Å². The molecule has 1 aromatic carbocycles. The summed E-state index contributed by atoms with van der Waals surface area (Å²) < 4.78 is 62.8. The van der Waals surface area contributed by atoms with Crippen LogP contribution in [0.4, 0.5) is 8.78 Å². The molecule has 1 N–H and O–H groups in total. The van der Waals surface area contributed by atoms with Gasteiger partial charge in [0.15, 0.2) is 13.2 Å². The maximum Gasteiger partial charge on any atom is 0.402 e. The zero-order valence-corrected chi connectivity index (χ0v) is 12.1. The van der Waals surface area contributed by atoms with Crippen molar-refractivity contribution in [3.8, 4) is 0 Å². The van der Waals surface area contributed by atoms with E-state index < -0.39 is 40.5 Å². The van der Waals surface area contributed by atoms with Gasteiger partial charge < -0.3 is 9.47 Å². The summed E-state index contributed by atoms with van der Waals surface area (Å²) in [5.74, 6) is -2.25. The maximum atomic E-state index is 12.8. The van der Waals surface area contributed by atoms with E-state index in [1.807, 2.05) is 0 Å². The smallest absolute Gasteiger partial charge is 0.402 e. The molecule has 0 atom stereocenters. The van der Waals surface area contributed by atoms with Gasteiger partial charge in [0.25, 0.3) is 0 Å². The summed E-state index contributed by atoms with van der Waals surface area (Å²) in [4.78, 5) is 22.7. The van der Waals surface area contributed by atoms with E-state index >= 15 is 0 Å². The number of hydrogen-bond donors (Lipinski definition) is 1. The molecule has 1 aromatic rings. The molecule has 0 radical (unpaired) electrons. The summed E-state index contributed by atoms with van der Waals surface area (Å²) in [6.45, 7) is -1.23. The summed E-state index contributed by atoms with van der Waals surface area (Å²) in [5, 5.41) is -4.64. The fraction of sp³-hybridized carbons (Fsp3) is 0.333. The molecule has 0 fully saturated rings. The first kappa shape index (κ1) is 18.0. The molecule has 7 nitrogen and oxygen atoms in total. The molecule has 0 amide bonds. The molecule has 0 saturated carbocycles. The number of alkyl halides is 2. The minimum atomic E-state index is -5.70. The third-order valence-electron chi connectivity index (χ3n) is 2.46. The van der Waals surface area contributed by atoms with E-state index in [1.165, 1.54) is 6.07 Å². The first-order valence-electron chi connectivity index (χ1n) is 5.78. The van der Waals surface area contributed by atoms with E-state index in [2.05, 4.69) is 9.47 Å². The highest BCUT2D eigenvalue weighted by Gasteiger charge is 2.45. The number of aryl methyl sites for hydroxylation is 1. The molecule has 0 unspecified atom stereocenters. The third kappa shape index (κ3) is 4.74. The van der Waals surface area contributed by atoms with Crippen molar-refractivity contribution in [1.29, 1.82) is 0 Å².